The Bertz CT molecular complexity index is 491. The van der Waals surface area contributed by atoms with Crippen LogP contribution in [0.2, 0.25) is 0 Å². The van der Waals surface area contributed by atoms with Gasteiger partial charge in [0.05, 0.1) is 12.2 Å². The minimum atomic E-state index is -0.425. The van der Waals surface area contributed by atoms with Crippen molar-refractivity contribution in [3.8, 4) is 18.1 Å². The number of nitrogens with zero attached hydrogens (tertiary/aromatic N) is 1. The van der Waals surface area contributed by atoms with Gasteiger partial charge in [-0.15, -0.1) is 6.42 Å². The lowest BCUT2D eigenvalue weighted by Gasteiger charge is -2.28. The quantitative estimate of drug-likeness (QED) is 0.407. The average molecular weight is 219 g/mol. The molecule has 16 heavy (non-hydrogen) atoms. The third kappa shape index (κ3) is 1.72. The van der Waals surface area contributed by atoms with Gasteiger partial charge in [-0.05, 0) is 18.6 Å². The number of terminal acetylenes is 1. The highest BCUT2D eigenvalue weighted by atomic mass is 19.1. The zero-order valence-electron chi connectivity index (χ0n) is 8.79. The van der Waals surface area contributed by atoms with Gasteiger partial charge in [-0.1, -0.05) is 5.92 Å². The highest BCUT2D eigenvalue weighted by molar-refractivity contribution is 5.84. The molecule has 1 aliphatic heterocycles. The van der Waals surface area contributed by atoms with Gasteiger partial charge in [0.2, 0.25) is 0 Å². The summed E-state index contributed by atoms with van der Waals surface area (Å²) in [4.78, 5) is 12.9. The number of ether oxygens (including phenoxy) is 1. The number of aryl methyl sites for hydroxylation is 1. The van der Waals surface area contributed by atoms with E-state index < -0.39 is 11.8 Å². The number of halogens is 1. The first-order valence-corrected chi connectivity index (χ1v) is 4.81. The fraction of sp³-hybridized carbons (Fsp3) is 0.250. The molecule has 1 heterocycles. The molecular weight excluding hydrogens is 209 g/mol. The largest absolute Gasteiger partial charge is 0.423 e. The molecule has 0 saturated carbocycles. The Labute approximate surface area is 92.8 Å². The van der Waals surface area contributed by atoms with Crippen LogP contribution in [-0.2, 0) is 4.79 Å². The standard InChI is InChI=1S/C12H10FNO2/c1-3-4-14-7-12(15)16-11-6-9(13)8(2)5-10(11)14/h1,5-6H,4,7H2,2H3. The Morgan fingerprint density at radius 1 is 1.62 bits per heavy atom. The van der Waals surface area contributed by atoms with Crippen molar-refractivity contribution in [3.63, 3.8) is 0 Å². The lowest BCUT2D eigenvalue weighted by molar-refractivity contribution is -0.133. The topological polar surface area (TPSA) is 29.5 Å². The summed E-state index contributed by atoms with van der Waals surface area (Å²) in [7, 11) is 0. The van der Waals surface area contributed by atoms with Gasteiger partial charge < -0.3 is 9.64 Å². The summed E-state index contributed by atoms with van der Waals surface area (Å²) < 4.78 is 18.3. The molecule has 1 aromatic rings. The third-order valence-electron chi connectivity index (χ3n) is 2.41. The third-order valence-corrected chi connectivity index (χ3v) is 2.41. The summed E-state index contributed by atoms with van der Waals surface area (Å²) in [5.74, 6) is 1.87. The van der Waals surface area contributed by atoms with Crippen molar-refractivity contribution >= 4 is 11.7 Å². The van der Waals surface area contributed by atoms with Crippen LogP contribution in [-0.4, -0.2) is 19.1 Å². The van der Waals surface area contributed by atoms with Gasteiger partial charge in [0.1, 0.15) is 12.4 Å². The minimum Gasteiger partial charge on any atom is -0.423 e. The molecule has 1 aliphatic rings. The molecule has 4 heteroatoms. The van der Waals surface area contributed by atoms with Gasteiger partial charge in [0, 0.05) is 6.07 Å². The van der Waals surface area contributed by atoms with Crippen molar-refractivity contribution in [1.82, 2.24) is 0 Å². The SMILES string of the molecule is C#CCN1CC(=O)Oc2cc(F)c(C)cc21. The number of benzene rings is 1. The predicted molar refractivity (Wildman–Crippen MR) is 57.8 cm³/mol. The van der Waals surface area contributed by atoms with E-state index in [1.54, 1.807) is 17.9 Å². The van der Waals surface area contributed by atoms with E-state index in [4.69, 9.17) is 11.2 Å². The molecule has 0 N–H and O–H groups in total. The second kappa shape index (κ2) is 3.86. The maximum atomic E-state index is 13.3. The smallest absolute Gasteiger partial charge is 0.331 e. The fourth-order valence-electron chi connectivity index (χ4n) is 1.62. The number of carbonyl (C=O) groups excluding carboxylic acids is 1. The van der Waals surface area contributed by atoms with Gasteiger partial charge in [-0.2, -0.15) is 0 Å². The van der Waals surface area contributed by atoms with Crippen molar-refractivity contribution in [2.75, 3.05) is 18.0 Å². The number of hydrogen-bond donors (Lipinski definition) is 0. The predicted octanol–water partition coefficient (Wildman–Crippen LogP) is 1.49. The van der Waals surface area contributed by atoms with E-state index in [0.29, 0.717) is 17.8 Å². The van der Waals surface area contributed by atoms with Crippen molar-refractivity contribution in [2.45, 2.75) is 6.92 Å². The van der Waals surface area contributed by atoms with Crippen LogP contribution in [0.15, 0.2) is 12.1 Å². The lowest BCUT2D eigenvalue weighted by Crippen LogP contribution is -2.37. The molecule has 0 aromatic heterocycles. The average Bonchev–Trinajstić information content (AvgIpc) is 2.21. The Morgan fingerprint density at radius 3 is 3.06 bits per heavy atom. The van der Waals surface area contributed by atoms with Crippen LogP contribution in [0.5, 0.6) is 5.75 Å². The number of fused-ring (bicyclic) bond motifs is 1. The molecule has 0 fully saturated rings. The Balaban J connectivity index is 2.49. The Kier molecular flexibility index (Phi) is 2.53. The van der Waals surface area contributed by atoms with Crippen LogP contribution in [0.25, 0.3) is 0 Å². The van der Waals surface area contributed by atoms with E-state index in [1.165, 1.54) is 6.07 Å². The number of esters is 1. The number of hydrogen-bond acceptors (Lipinski definition) is 3. The van der Waals surface area contributed by atoms with E-state index in [1.807, 2.05) is 0 Å². The van der Waals surface area contributed by atoms with Crippen molar-refractivity contribution < 1.29 is 13.9 Å². The molecule has 3 nitrogen and oxygen atoms in total. The zero-order chi connectivity index (χ0) is 11.7. The minimum absolute atomic E-state index is 0.0995. The molecule has 82 valence electrons. The molecule has 0 amide bonds. The van der Waals surface area contributed by atoms with Crippen LogP contribution in [0.3, 0.4) is 0 Å². The summed E-state index contributed by atoms with van der Waals surface area (Å²) in [6.07, 6.45) is 5.21. The second-order valence-electron chi connectivity index (χ2n) is 3.60. The van der Waals surface area contributed by atoms with Crippen LogP contribution in [0.4, 0.5) is 10.1 Å². The molecule has 0 radical (unpaired) electrons. The maximum absolute atomic E-state index is 13.3. The number of rotatable bonds is 1. The zero-order valence-corrected chi connectivity index (χ0v) is 8.79. The highest BCUT2D eigenvalue weighted by Gasteiger charge is 2.24. The molecule has 1 aromatic carbocycles. The summed E-state index contributed by atoms with van der Waals surface area (Å²) in [5.41, 5.74) is 1.16. The van der Waals surface area contributed by atoms with E-state index in [-0.39, 0.29) is 12.3 Å². The summed E-state index contributed by atoms with van der Waals surface area (Å²) in [6, 6.07) is 2.85. The molecule has 0 saturated heterocycles. The summed E-state index contributed by atoms with van der Waals surface area (Å²) >= 11 is 0. The first-order chi connectivity index (χ1) is 7.61. The van der Waals surface area contributed by atoms with Crippen LogP contribution in [0.1, 0.15) is 5.56 Å². The number of anilines is 1. The summed E-state index contributed by atoms with van der Waals surface area (Å²) in [6.45, 7) is 2.05. The van der Waals surface area contributed by atoms with Gasteiger partial charge >= 0.3 is 5.97 Å². The fourth-order valence-corrected chi connectivity index (χ4v) is 1.62. The Morgan fingerprint density at radius 2 is 2.38 bits per heavy atom. The monoisotopic (exact) mass is 219 g/mol. The van der Waals surface area contributed by atoms with Gasteiger partial charge in [0.15, 0.2) is 5.75 Å². The van der Waals surface area contributed by atoms with Crippen LogP contribution in [0, 0.1) is 25.1 Å². The van der Waals surface area contributed by atoms with Crippen LogP contribution < -0.4 is 9.64 Å². The van der Waals surface area contributed by atoms with Gasteiger partial charge in [-0.25, -0.2) is 9.18 Å². The van der Waals surface area contributed by atoms with E-state index >= 15 is 0 Å². The van der Waals surface area contributed by atoms with Crippen LogP contribution >= 0.6 is 0 Å². The normalized spacial score (nSPS) is 14.1. The lowest BCUT2D eigenvalue weighted by atomic mass is 10.1. The molecule has 0 aliphatic carbocycles. The first kappa shape index (κ1) is 10.5. The highest BCUT2D eigenvalue weighted by Crippen LogP contribution is 2.33. The molecule has 0 spiro atoms. The Hall–Kier alpha value is -2.02. The van der Waals surface area contributed by atoms with Gasteiger partial charge in [0.25, 0.3) is 0 Å². The van der Waals surface area contributed by atoms with E-state index in [2.05, 4.69) is 5.92 Å². The van der Waals surface area contributed by atoms with E-state index in [9.17, 15) is 9.18 Å². The van der Waals surface area contributed by atoms with Crippen molar-refractivity contribution in [3.05, 3.63) is 23.5 Å². The number of carbonyl (C=O) groups is 1. The van der Waals surface area contributed by atoms with E-state index in [0.717, 1.165) is 0 Å². The molecular formula is C12H10FNO2. The molecule has 2 rings (SSSR count). The van der Waals surface area contributed by atoms with Gasteiger partial charge in [-0.3, -0.25) is 0 Å². The molecule has 0 bridgehead atoms. The first-order valence-electron chi connectivity index (χ1n) is 4.81. The maximum Gasteiger partial charge on any atom is 0.331 e. The molecule has 0 unspecified atom stereocenters. The molecule has 0 atom stereocenters. The second-order valence-corrected chi connectivity index (χ2v) is 3.60. The van der Waals surface area contributed by atoms with Crippen molar-refractivity contribution in [1.29, 1.82) is 0 Å². The van der Waals surface area contributed by atoms with Crippen molar-refractivity contribution in [2.24, 2.45) is 0 Å². The summed E-state index contributed by atoms with van der Waals surface area (Å²) in [5, 5.41) is 0.